The van der Waals surface area contributed by atoms with Crippen LogP contribution in [-0.2, 0) is 7.05 Å². The topological polar surface area (TPSA) is 87.9 Å². The maximum Gasteiger partial charge on any atom is 0.279 e. The summed E-state index contributed by atoms with van der Waals surface area (Å²) in [6.07, 6.45) is 1.53. The van der Waals surface area contributed by atoms with Crippen LogP contribution in [0.5, 0.6) is 0 Å². The molecule has 2 N–H and O–H groups in total. The molecule has 3 aromatic heterocycles. The lowest BCUT2D eigenvalue weighted by atomic mass is 10.5. The van der Waals surface area contributed by atoms with E-state index in [1.54, 1.807) is 11.6 Å². The molecular weight excluding hydrogens is 198 g/mol. The van der Waals surface area contributed by atoms with Crippen molar-refractivity contribution in [1.29, 1.82) is 0 Å². The van der Waals surface area contributed by atoms with E-state index in [1.807, 2.05) is 0 Å². The Balaban J connectivity index is 2.79. The van der Waals surface area contributed by atoms with Crippen LogP contribution in [0.4, 0.5) is 0 Å². The van der Waals surface area contributed by atoms with Crippen LogP contribution in [0, 0.1) is 0 Å². The van der Waals surface area contributed by atoms with Crippen molar-refractivity contribution in [2.45, 2.75) is 0 Å². The second-order valence-electron chi connectivity index (χ2n) is 3.32. The van der Waals surface area contributed by atoms with E-state index in [-0.39, 0.29) is 11.1 Å². The van der Waals surface area contributed by atoms with Crippen molar-refractivity contribution >= 4 is 16.8 Å². The highest BCUT2D eigenvalue weighted by atomic mass is 16.1. The van der Waals surface area contributed by atoms with Crippen LogP contribution in [0.3, 0.4) is 0 Å². The third kappa shape index (κ3) is 0.912. The monoisotopic (exact) mass is 205 g/mol. The van der Waals surface area contributed by atoms with Crippen LogP contribution in [0.25, 0.3) is 16.8 Å². The molecule has 0 fully saturated rings. The molecule has 0 spiro atoms. The van der Waals surface area contributed by atoms with E-state index in [0.29, 0.717) is 16.8 Å². The zero-order valence-electron chi connectivity index (χ0n) is 7.81. The van der Waals surface area contributed by atoms with Gasteiger partial charge >= 0.3 is 0 Å². The van der Waals surface area contributed by atoms with E-state index in [9.17, 15) is 9.59 Å². The molecule has 0 radical (unpaired) electrons. The second kappa shape index (κ2) is 2.38. The fourth-order valence-corrected chi connectivity index (χ4v) is 1.67. The van der Waals surface area contributed by atoms with Gasteiger partial charge in [-0.2, -0.15) is 0 Å². The SMILES string of the molecule is Cn1cnc2c(=O)[nH]c3cc(=O)[nH]n3c21. The van der Waals surface area contributed by atoms with Gasteiger partial charge < -0.3 is 9.55 Å². The Bertz CT molecular complexity index is 772. The quantitative estimate of drug-likeness (QED) is 0.503. The first kappa shape index (κ1) is 8.04. The Kier molecular flexibility index (Phi) is 1.28. The average molecular weight is 205 g/mol. The van der Waals surface area contributed by atoms with E-state index in [4.69, 9.17) is 0 Å². The molecule has 0 saturated heterocycles. The van der Waals surface area contributed by atoms with Gasteiger partial charge in [0.05, 0.1) is 6.33 Å². The third-order valence-corrected chi connectivity index (χ3v) is 2.31. The molecular formula is C8H7N5O2. The summed E-state index contributed by atoms with van der Waals surface area (Å²) in [5.74, 6) is 0. The van der Waals surface area contributed by atoms with Crippen molar-refractivity contribution in [3.63, 3.8) is 0 Å². The molecule has 0 aliphatic rings. The Morgan fingerprint density at radius 2 is 2.20 bits per heavy atom. The number of aromatic nitrogens is 5. The standard InChI is InChI=1S/C8H7N5O2/c1-12-3-9-6-7(15)10-4-2-5(14)11-13(4)8(6)12/h2-3H,1H3,(H,10,15)(H,11,14). The van der Waals surface area contributed by atoms with E-state index >= 15 is 0 Å². The summed E-state index contributed by atoms with van der Waals surface area (Å²) in [5.41, 5.74) is 0.734. The molecule has 0 saturated carbocycles. The lowest BCUT2D eigenvalue weighted by Gasteiger charge is -1.98. The average Bonchev–Trinajstić information content (AvgIpc) is 2.69. The van der Waals surface area contributed by atoms with Crippen LogP contribution < -0.4 is 11.1 Å². The molecule has 15 heavy (non-hydrogen) atoms. The maximum atomic E-state index is 11.6. The number of aromatic amines is 2. The van der Waals surface area contributed by atoms with Crippen LogP contribution in [0.15, 0.2) is 22.0 Å². The number of hydrogen-bond acceptors (Lipinski definition) is 3. The number of fused-ring (bicyclic) bond motifs is 3. The minimum absolute atomic E-state index is 0.264. The molecule has 0 unspecified atom stereocenters. The molecule has 3 rings (SSSR count). The van der Waals surface area contributed by atoms with Crippen LogP contribution >= 0.6 is 0 Å². The van der Waals surface area contributed by atoms with Gasteiger partial charge in [-0.1, -0.05) is 0 Å². The normalized spacial score (nSPS) is 11.5. The summed E-state index contributed by atoms with van der Waals surface area (Å²) in [6.45, 7) is 0. The molecule has 0 amide bonds. The first-order valence-corrected chi connectivity index (χ1v) is 4.32. The number of rotatable bonds is 0. The van der Waals surface area contributed by atoms with Gasteiger partial charge in [0, 0.05) is 13.1 Å². The van der Waals surface area contributed by atoms with E-state index < -0.39 is 0 Å². The highest BCUT2D eigenvalue weighted by molar-refractivity contribution is 5.72. The number of nitrogens with one attached hydrogen (secondary N) is 2. The predicted octanol–water partition coefficient (Wildman–Crippen LogP) is -0.797. The van der Waals surface area contributed by atoms with Crippen molar-refractivity contribution in [2.75, 3.05) is 0 Å². The molecule has 3 aromatic rings. The lowest BCUT2D eigenvalue weighted by Crippen LogP contribution is -2.11. The zero-order valence-corrected chi connectivity index (χ0v) is 7.81. The fraction of sp³-hybridized carbons (Fsp3) is 0.125. The summed E-state index contributed by atoms with van der Waals surface area (Å²) in [7, 11) is 1.76. The molecule has 3 heterocycles. The van der Waals surface area contributed by atoms with Crippen molar-refractivity contribution < 1.29 is 0 Å². The Morgan fingerprint density at radius 1 is 1.40 bits per heavy atom. The Hall–Kier alpha value is -2.31. The summed E-state index contributed by atoms with van der Waals surface area (Å²) in [5, 5.41) is 2.59. The van der Waals surface area contributed by atoms with Crippen LogP contribution in [0.1, 0.15) is 0 Å². The lowest BCUT2D eigenvalue weighted by molar-refractivity contribution is 0.865. The maximum absolute atomic E-state index is 11.6. The van der Waals surface area contributed by atoms with Gasteiger partial charge in [-0.25, -0.2) is 9.50 Å². The second-order valence-corrected chi connectivity index (χ2v) is 3.32. The smallest absolute Gasteiger partial charge is 0.279 e. The number of imidazole rings is 1. The zero-order chi connectivity index (χ0) is 10.6. The van der Waals surface area contributed by atoms with E-state index in [0.717, 1.165) is 0 Å². The first-order chi connectivity index (χ1) is 7.16. The summed E-state index contributed by atoms with van der Waals surface area (Å²) in [6, 6.07) is 1.33. The van der Waals surface area contributed by atoms with Gasteiger partial charge in [-0.3, -0.25) is 14.7 Å². The molecule has 76 valence electrons. The first-order valence-electron chi connectivity index (χ1n) is 4.32. The molecule has 0 atom stereocenters. The molecule has 0 aromatic carbocycles. The Labute approximate surface area is 82.0 Å². The van der Waals surface area contributed by atoms with Gasteiger partial charge in [-0.05, 0) is 0 Å². The molecule has 7 heteroatoms. The molecule has 0 bridgehead atoms. The van der Waals surface area contributed by atoms with E-state index in [2.05, 4.69) is 15.1 Å². The minimum atomic E-state index is -0.301. The highest BCUT2D eigenvalue weighted by Gasteiger charge is 2.10. The van der Waals surface area contributed by atoms with Crippen LogP contribution in [0.2, 0.25) is 0 Å². The molecule has 0 aliphatic carbocycles. The molecule has 7 nitrogen and oxygen atoms in total. The van der Waals surface area contributed by atoms with Crippen molar-refractivity contribution in [3.8, 4) is 0 Å². The van der Waals surface area contributed by atoms with Crippen molar-refractivity contribution in [3.05, 3.63) is 33.1 Å². The molecule has 0 aliphatic heterocycles. The summed E-state index contributed by atoms with van der Waals surface area (Å²) >= 11 is 0. The van der Waals surface area contributed by atoms with Gasteiger partial charge in [0.1, 0.15) is 5.65 Å². The van der Waals surface area contributed by atoms with Crippen LogP contribution in [-0.4, -0.2) is 24.1 Å². The number of hydrogen-bond donors (Lipinski definition) is 2. The summed E-state index contributed by atoms with van der Waals surface area (Å²) < 4.78 is 3.18. The minimum Gasteiger partial charge on any atom is -0.318 e. The van der Waals surface area contributed by atoms with Gasteiger partial charge in [0.2, 0.25) is 0 Å². The highest BCUT2D eigenvalue weighted by Crippen LogP contribution is 2.06. The number of H-pyrrole nitrogens is 2. The predicted molar refractivity (Wildman–Crippen MR) is 52.9 cm³/mol. The van der Waals surface area contributed by atoms with Crippen molar-refractivity contribution in [1.82, 2.24) is 24.1 Å². The number of aryl methyl sites for hydroxylation is 1. The fourth-order valence-electron chi connectivity index (χ4n) is 1.67. The number of nitrogens with zero attached hydrogens (tertiary/aromatic N) is 3. The summed E-state index contributed by atoms with van der Waals surface area (Å²) in [4.78, 5) is 29.2. The largest absolute Gasteiger partial charge is 0.318 e. The van der Waals surface area contributed by atoms with Gasteiger partial charge in [-0.15, -0.1) is 0 Å². The Morgan fingerprint density at radius 3 is 3.00 bits per heavy atom. The van der Waals surface area contributed by atoms with E-state index in [1.165, 1.54) is 16.9 Å². The third-order valence-electron chi connectivity index (χ3n) is 2.31. The van der Waals surface area contributed by atoms with Gasteiger partial charge in [0.25, 0.3) is 11.1 Å². The van der Waals surface area contributed by atoms with Gasteiger partial charge in [0.15, 0.2) is 11.2 Å². The van der Waals surface area contributed by atoms with Crippen molar-refractivity contribution in [2.24, 2.45) is 7.05 Å².